The molecule has 7 aliphatic rings. The molecule has 4 N–H and O–H groups in total. The average Bonchev–Trinajstić information content (AvgIpc) is 3.53. The average molecular weight is 749 g/mol. The highest BCUT2D eigenvalue weighted by molar-refractivity contribution is 5.92. The Hall–Kier alpha value is -1.81. The number of Topliss-reactive ketones (excluding diaryl/α,β-unsaturated/α-hetero) is 2. The van der Waals surface area contributed by atoms with E-state index in [-0.39, 0.29) is 52.4 Å². The van der Waals surface area contributed by atoms with Crippen molar-refractivity contribution in [1.29, 1.82) is 0 Å². The highest BCUT2D eigenvalue weighted by Gasteiger charge is 2.68. The number of carbonyl (C=O) groups excluding carboxylic acids is 3. The summed E-state index contributed by atoms with van der Waals surface area (Å²) in [6.45, 7) is 7.77. The molecule has 53 heavy (non-hydrogen) atoms. The second-order valence-corrected chi connectivity index (χ2v) is 17.9. The molecule has 4 aliphatic carbocycles. The van der Waals surface area contributed by atoms with Crippen molar-refractivity contribution in [2.24, 2.45) is 39.9 Å². The van der Waals surface area contributed by atoms with Crippen molar-refractivity contribution >= 4 is 17.5 Å². The first-order valence-corrected chi connectivity index (χ1v) is 19.9. The molecular weight excluding hydrogens is 688 g/mol. The number of hydrogen-bond donors (Lipinski definition) is 4. The molecule has 6 fully saturated rings. The van der Waals surface area contributed by atoms with Gasteiger partial charge in [0.05, 0.1) is 24.9 Å². The van der Waals surface area contributed by atoms with Gasteiger partial charge in [-0.1, -0.05) is 13.8 Å². The maximum atomic E-state index is 14.8. The van der Waals surface area contributed by atoms with E-state index in [4.69, 9.17) is 28.4 Å². The zero-order valence-electron chi connectivity index (χ0n) is 31.8. The number of ketones is 2. The molecule has 17 atom stereocenters. The number of methoxy groups -OCH3 is 1. The van der Waals surface area contributed by atoms with Crippen molar-refractivity contribution in [1.82, 2.24) is 0 Å². The zero-order valence-corrected chi connectivity index (χ0v) is 31.8. The van der Waals surface area contributed by atoms with Gasteiger partial charge in [0, 0.05) is 36.9 Å². The number of rotatable bonds is 10. The Balaban J connectivity index is 1.04. The predicted octanol–water partition coefficient (Wildman–Crippen LogP) is 2.77. The molecule has 0 amide bonds. The number of ether oxygens (including phenoxy) is 6. The monoisotopic (exact) mass is 748 g/mol. The van der Waals surface area contributed by atoms with Crippen LogP contribution in [0, 0.1) is 39.9 Å². The summed E-state index contributed by atoms with van der Waals surface area (Å²) in [7, 11) is 1.55. The summed E-state index contributed by atoms with van der Waals surface area (Å²) in [5.74, 6) is 0.878. The van der Waals surface area contributed by atoms with Crippen LogP contribution < -0.4 is 0 Å². The minimum atomic E-state index is -1.57. The number of hydrogen-bond acceptors (Lipinski definition) is 13. The summed E-state index contributed by atoms with van der Waals surface area (Å²) < 4.78 is 35.9. The van der Waals surface area contributed by atoms with E-state index >= 15 is 0 Å². The number of esters is 1. The minimum absolute atomic E-state index is 0.0295. The third-order valence-corrected chi connectivity index (χ3v) is 15.1. The maximum absolute atomic E-state index is 14.8. The van der Waals surface area contributed by atoms with Gasteiger partial charge in [0.15, 0.2) is 12.6 Å². The fraction of sp³-hybridized carbons (Fsp3) is 0.875. The molecule has 0 aromatic rings. The van der Waals surface area contributed by atoms with Gasteiger partial charge in [-0.2, -0.15) is 0 Å². The fourth-order valence-corrected chi connectivity index (χ4v) is 12.3. The van der Waals surface area contributed by atoms with Crippen molar-refractivity contribution in [3.05, 3.63) is 11.6 Å². The predicted molar refractivity (Wildman–Crippen MR) is 187 cm³/mol. The van der Waals surface area contributed by atoms with E-state index in [2.05, 4.69) is 13.8 Å². The lowest BCUT2D eigenvalue weighted by molar-refractivity contribution is -0.347. The Morgan fingerprint density at radius 2 is 1.70 bits per heavy atom. The first-order chi connectivity index (χ1) is 25.1. The molecule has 0 radical (unpaired) electrons. The SMILES string of the molecule is CO[C@@H]1C[C@H](O[C@H]2CC[C@]3(C)[C@@H]4CC[C@@]5(C)C(=O)[C@]4(CC[C@@H]5CC4=CC(=O)OC4)CC[C@H]3[C@H]2CC(C)=O)O[C@H](C)[C@@H]1O[C@@H]1O[C@H](CO)[C@@H](O)[C@H](O)[C@H]1O. The van der Waals surface area contributed by atoms with Gasteiger partial charge in [-0.15, -0.1) is 0 Å². The fourth-order valence-electron chi connectivity index (χ4n) is 12.3. The molecule has 13 nitrogen and oxygen atoms in total. The van der Waals surface area contributed by atoms with Crippen LogP contribution in [-0.2, 0) is 42.8 Å². The largest absolute Gasteiger partial charge is 0.458 e. The summed E-state index contributed by atoms with van der Waals surface area (Å²) in [6, 6.07) is 0. The van der Waals surface area contributed by atoms with Crippen LogP contribution in [-0.4, -0.2) is 120 Å². The molecule has 7 rings (SSSR count). The molecule has 1 spiro atoms. The highest BCUT2D eigenvalue weighted by Crippen LogP contribution is 2.71. The summed E-state index contributed by atoms with van der Waals surface area (Å²) in [5, 5.41) is 40.7. The minimum Gasteiger partial charge on any atom is -0.458 e. The summed E-state index contributed by atoms with van der Waals surface area (Å²) in [4.78, 5) is 39.4. The molecule has 3 aliphatic heterocycles. The van der Waals surface area contributed by atoms with Crippen molar-refractivity contribution in [2.75, 3.05) is 20.3 Å². The second kappa shape index (κ2) is 14.9. The molecule has 2 bridgehead atoms. The first kappa shape index (κ1) is 39.4. The molecule has 2 saturated heterocycles. The quantitative estimate of drug-likeness (QED) is 0.189. The van der Waals surface area contributed by atoms with Crippen LogP contribution in [0.5, 0.6) is 0 Å². The van der Waals surface area contributed by atoms with E-state index in [1.807, 2.05) is 6.92 Å². The summed E-state index contributed by atoms with van der Waals surface area (Å²) in [5.41, 5.74) is 0.110. The van der Waals surface area contributed by atoms with E-state index < -0.39 is 67.3 Å². The smallest absolute Gasteiger partial charge is 0.331 e. The van der Waals surface area contributed by atoms with E-state index in [9.17, 15) is 34.8 Å². The lowest BCUT2D eigenvalue weighted by atomic mass is 9.36. The van der Waals surface area contributed by atoms with Gasteiger partial charge in [-0.3, -0.25) is 4.79 Å². The number of carbonyl (C=O) groups is 3. The van der Waals surface area contributed by atoms with Gasteiger partial charge in [0.1, 0.15) is 48.7 Å². The van der Waals surface area contributed by atoms with Crippen LogP contribution in [0.15, 0.2) is 11.6 Å². The van der Waals surface area contributed by atoms with Crippen LogP contribution in [0.1, 0.15) is 98.3 Å². The first-order valence-electron chi connectivity index (χ1n) is 19.9. The summed E-state index contributed by atoms with van der Waals surface area (Å²) >= 11 is 0. The van der Waals surface area contributed by atoms with Crippen molar-refractivity contribution < 1.29 is 63.2 Å². The van der Waals surface area contributed by atoms with Crippen molar-refractivity contribution in [3.63, 3.8) is 0 Å². The molecule has 0 aromatic carbocycles. The van der Waals surface area contributed by atoms with Crippen molar-refractivity contribution in [3.8, 4) is 0 Å². The number of cyclic esters (lactones) is 1. The van der Waals surface area contributed by atoms with Gasteiger partial charge in [-0.05, 0) is 106 Å². The number of aliphatic hydroxyl groups excluding tert-OH is 4. The third kappa shape index (κ3) is 6.77. The van der Waals surface area contributed by atoms with Gasteiger partial charge in [-0.25, -0.2) is 4.79 Å². The summed E-state index contributed by atoms with van der Waals surface area (Å²) in [6.07, 6.45) is 0.290. The number of fused-ring (bicyclic) bond motifs is 3. The van der Waals surface area contributed by atoms with E-state index in [0.717, 1.165) is 63.4 Å². The third-order valence-electron chi connectivity index (χ3n) is 15.1. The Kier molecular flexibility index (Phi) is 11.1. The normalized spacial score (nSPS) is 49.8. The van der Waals surface area contributed by atoms with Crippen LogP contribution in [0.4, 0.5) is 0 Å². The van der Waals surface area contributed by atoms with Gasteiger partial charge in [0.2, 0.25) is 0 Å². The molecule has 0 aromatic heterocycles. The van der Waals surface area contributed by atoms with Crippen molar-refractivity contribution in [2.45, 2.75) is 160 Å². The van der Waals surface area contributed by atoms with Gasteiger partial charge in [0.25, 0.3) is 0 Å². The number of aliphatic hydroxyl groups is 4. The van der Waals surface area contributed by atoms with Crippen LogP contribution in [0.2, 0.25) is 0 Å². The van der Waals surface area contributed by atoms with Gasteiger partial charge < -0.3 is 53.6 Å². The highest BCUT2D eigenvalue weighted by atomic mass is 16.7. The Bertz CT molecular complexity index is 1430. The Labute approximate surface area is 312 Å². The molecule has 298 valence electrons. The maximum Gasteiger partial charge on any atom is 0.331 e. The Morgan fingerprint density at radius 1 is 0.943 bits per heavy atom. The van der Waals surface area contributed by atoms with E-state index in [1.54, 1.807) is 20.1 Å². The zero-order chi connectivity index (χ0) is 38.0. The van der Waals surface area contributed by atoms with E-state index in [1.165, 1.54) is 0 Å². The molecule has 0 unspecified atom stereocenters. The topological polar surface area (TPSA) is 188 Å². The van der Waals surface area contributed by atoms with Crippen LogP contribution >= 0.6 is 0 Å². The Morgan fingerprint density at radius 3 is 2.38 bits per heavy atom. The van der Waals surface area contributed by atoms with Gasteiger partial charge >= 0.3 is 5.97 Å². The van der Waals surface area contributed by atoms with E-state index in [0.29, 0.717) is 25.2 Å². The van der Waals surface area contributed by atoms with Crippen LogP contribution in [0.3, 0.4) is 0 Å². The second-order valence-electron chi connectivity index (χ2n) is 17.9. The lowest BCUT2D eigenvalue weighted by Crippen LogP contribution is -2.65. The molecule has 3 heterocycles. The van der Waals surface area contributed by atoms with Crippen LogP contribution in [0.25, 0.3) is 0 Å². The molecule has 4 saturated carbocycles. The lowest BCUT2D eigenvalue weighted by Gasteiger charge is -2.67. The standard InChI is InChI=1S/C40H60O13/c1-20(42)14-24-25-7-13-40-12-6-23(15-22-16-30(43)49-19-22)38(3,37(40)47)11-9-29(40)39(25,4)10-8-26(24)51-31-17-27(48-5)35(21(2)50-31)53-36-34(46)33(45)32(44)28(18-41)52-36/h16,21,23-29,31-36,41,44-46H,6-15,17-19H2,1-5H3/t21-,23-,24-,25+,26+,27-,28-,29+,31+,32-,33+,34-,35+,36+,38-,39+,40-/m1/s1. The molecular formula is C40H60O13. The molecule has 13 heteroatoms.